The van der Waals surface area contributed by atoms with E-state index < -0.39 is 67.6 Å². The van der Waals surface area contributed by atoms with Gasteiger partial charge in [-0.05, 0) is 69.4 Å². The van der Waals surface area contributed by atoms with Gasteiger partial charge < -0.3 is 9.84 Å². The Hall–Kier alpha value is -1.99. The number of halogens is 4. The van der Waals surface area contributed by atoms with E-state index in [1.165, 1.54) is 6.07 Å². The van der Waals surface area contributed by atoms with E-state index in [1.54, 1.807) is 28.7 Å². The minimum atomic E-state index is -5.79. The third-order valence-electron chi connectivity index (χ3n) is 3.95. The predicted molar refractivity (Wildman–Crippen MR) is 122 cm³/mol. The molecule has 0 heterocycles. The van der Waals surface area contributed by atoms with Gasteiger partial charge in [-0.2, -0.15) is 17.2 Å². The predicted octanol–water partition coefficient (Wildman–Crippen LogP) is 4.17. The summed E-state index contributed by atoms with van der Waals surface area (Å²) in [6.07, 6.45) is -2.79. The highest BCUT2D eigenvalue weighted by atomic mass is 127. The van der Waals surface area contributed by atoms with Crippen LogP contribution in [0.3, 0.4) is 0 Å². The van der Waals surface area contributed by atoms with Gasteiger partial charge in [0.2, 0.25) is 5.75 Å². The number of nitro groups is 1. The number of carbonyl (C=O) groups excluding carboxylic acids is 2. The first-order chi connectivity index (χ1) is 14.7. The molecule has 2 rings (SSSR count). The fourth-order valence-corrected chi connectivity index (χ4v) is 4.62. The van der Waals surface area contributed by atoms with Crippen molar-refractivity contribution >= 4 is 72.7 Å². The van der Waals surface area contributed by atoms with Crippen LogP contribution in [-0.4, -0.2) is 40.0 Å². The lowest BCUT2D eigenvalue weighted by molar-refractivity contribution is -0.385. The Morgan fingerprint density at radius 2 is 1.81 bits per heavy atom. The molecule has 0 unspecified atom stereocenters. The molecule has 0 aliphatic carbocycles. The number of phenolic OH excluding ortho intramolecular Hbond substituents is 1. The minimum absolute atomic E-state index is 0.305. The summed E-state index contributed by atoms with van der Waals surface area (Å²) >= 11 is 3.62. The van der Waals surface area contributed by atoms with Crippen molar-refractivity contribution in [1.82, 2.24) is 0 Å². The maximum Gasteiger partial charge on any atom is 0.370 e. The van der Waals surface area contributed by atoms with Gasteiger partial charge in [0.25, 0.3) is 0 Å². The number of nitrogens with zero attached hydrogens (tertiary/aromatic N) is 1. The second-order valence-electron chi connectivity index (χ2n) is 6.12. The summed E-state index contributed by atoms with van der Waals surface area (Å²) in [7, 11) is -5.79. The number of Topliss-reactive ketones (excluding diaryl/α,β-unsaturated/α-hetero) is 1. The number of ketones is 1. The Bertz CT molecular complexity index is 1220. The maximum absolute atomic E-state index is 13.4. The molecule has 0 fully saturated rings. The molecule has 2 aromatic carbocycles. The number of phenols is 1. The van der Waals surface area contributed by atoms with Crippen LogP contribution < -0.4 is 4.74 Å². The first-order valence-electron chi connectivity index (χ1n) is 8.21. The van der Waals surface area contributed by atoms with Gasteiger partial charge in [-0.15, -0.1) is 0 Å². The number of ether oxygens (including phenoxy) is 1. The van der Waals surface area contributed by atoms with E-state index in [-0.39, 0.29) is 5.56 Å². The van der Waals surface area contributed by atoms with E-state index in [2.05, 4.69) is 0 Å². The van der Waals surface area contributed by atoms with E-state index >= 15 is 0 Å². The summed E-state index contributed by atoms with van der Waals surface area (Å²) in [6, 6.07) is 5.79. The van der Waals surface area contributed by atoms with Gasteiger partial charge in [0.1, 0.15) is 11.3 Å². The number of aromatic hydroxyl groups is 1. The Kier molecular flexibility index (Phi) is 8.10. The molecule has 32 heavy (non-hydrogen) atoms. The quantitative estimate of drug-likeness (QED) is 0.0785. The van der Waals surface area contributed by atoms with Gasteiger partial charge in [-0.3, -0.25) is 19.5 Å². The molecule has 0 saturated carbocycles. The molecule has 0 aromatic heterocycles. The number of carbonyl (C=O) groups is 2. The highest BCUT2D eigenvalue weighted by molar-refractivity contribution is 14.1. The average Bonchev–Trinajstić information content (AvgIpc) is 2.67. The van der Waals surface area contributed by atoms with Crippen LogP contribution in [0.4, 0.5) is 14.5 Å². The van der Waals surface area contributed by atoms with E-state index in [1.807, 2.05) is 22.6 Å². The number of rotatable bonds is 8. The third-order valence-corrected chi connectivity index (χ3v) is 6.36. The lowest BCUT2D eigenvalue weighted by atomic mass is 10.0. The molecule has 10 nitrogen and oxygen atoms in total. The molecular weight excluding hydrogens is 686 g/mol. The molecular formula is C17H11F2I2NO9S. The maximum atomic E-state index is 13.4. The lowest BCUT2D eigenvalue weighted by Gasteiger charge is -2.12. The van der Waals surface area contributed by atoms with Crippen molar-refractivity contribution in [3.05, 3.63) is 58.7 Å². The van der Waals surface area contributed by atoms with Crippen molar-refractivity contribution in [2.75, 3.05) is 0 Å². The van der Waals surface area contributed by atoms with E-state index in [0.29, 0.717) is 7.14 Å². The van der Waals surface area contributed by atoms with E-state index in [0.717, 1.165) is 18.2 Å². The van der Waals surface area contributed by atoms with Crippen LogP contribution in [0.15, 0.2) is 30.3 Å². The zero-order valence-corrected chi connectivity index (χ0v) is 20.6. The first-order valence-corrected chi connectivity index (χ1v) is 11.8. The van der Waals surface area contributed by atoms with Crippen molar-refractivity contribution < 1.29 is 46.1 Å². The molecule has 0 aliphatic heterocycles. The fraction of sp³-hybridized carbons (Fsp3) is 0.176. The number of esters is 1. The smallest absolute Gasteiger partial charge is 0.370 e. The second-order valence-corrected chi connectivity index (χ2v) is 10.1. The third kappa shape index (κ3) is 5.87. The van der Waals surface area contributed by atoms with Crippen molar-refractivity contribution in [3.8, 4) is 11.5 Å². The molecule has 0 radical (unpaired) electrons. The van der Waals surface area contributed by atoms with Crippen LogP contribution in [0.1, 0.15) is 33.6 Å². The number of hydrogen-bond acceptors (Lipinski definition) is 8. The summed E-state index contributed by atoms with van der Waals surface area (Å²) < 4.78 is 62.5. The Labute approximate surface area is 206 Å². The monoisotopic (exact) mass is 697 g/mol. The number of para-hydroxylation sites is 1. The molecule has 172 valence electrons. The van der Waals surface area contributed by atoms with Crippen LogP contribution in [0.25, 0.3) is 0 Å². The van der Waals surface area contributed by atoms with Crippen LogP contribution in [0.2, 0.25) is 0 Å². The molecule has 0 spiro atoms. The first kappa shape index (κ1) is 26.3. The summed E-state index contributed by atoms with van der Waals surface area (Å²) in [5.74, 6) is -3.55. The Balaban J connectivity index is 2.39. The summed E-state index contributed by atoms with van der Waals surface area (Å²) in [5, 5.41) is 17.0. The molecule has 0 atom stereocenters. The lowest BCUT2D eigenvalue weighted by Crippen LogP contribution is -2.28. The van der Waals surface area contributed by atoms with E-state index in [4.69, 9.17) is 9.29 Å². The highest BCUT2D eigenvalue weighted by Gasteiger charge is 2.44. The van der Waals surface area contributed by atoms with Gasteiger partial charge >= 0.3 is 27.0 Å². The number of alkyl halides is 2. The van der Waals surface area contributed by atoms with Crippen molar-refractivity contribution in [2.45, 2.75) is 18.1 Å². The minimum Gasteiger partial charge on any atom is -0.506 e. The normalized spacial score (nSPS) is 11.8. The van der Waals surface area contributed by atoms with Gasteiger partial charge in [0, 0.05) is 16.4 Å². The zero-order chi connectivity index (χ0) is 24.4. The molecule has 2 N–H and O–H groups in total. The largest absolute Gasteiger partial charge is 0.506 e. The van der Waals surface area contributed by atoms with Gasteiger partial charge in [-0.25, -0.2) is 4.79 Å². The number of nitro benzene ring substituents is 1. The molecule has 0 saturated heterocycles. The fourth-order valence-electron chi connectivity index (χ4n) is 2.42. The molecule has 0 aliphatic rings. The van der Waals surface area contributed by atoms with Crippen LogP contribution >= 0.6 is 45.2 Å². The number of benzene rings is 2. The van der Waals surface area contributed by atoms with Crippen molar-refractivity contribution in [3.63, 3.8) is 0 Å². The van der Waals surface area contributed by atoms with E-state index in [9.17, 15) is 42.0 Å². The molecule has 0 bridgehead atoms. The molecule has 0 amide bonds. The molecule has 15 heteroatoms. The zero-order valence-electron chi connectivity index (χ0n) is 15.4. The van der Waals surface area contributed by atoms with Crippen LogP contribution in [-0.2, 0) is 10.1 Å². The van der Waals surface area contributed by atoms with Crippen molar-refractivity contribution in [1.29, 1.82) is 0 Å². The van der Waals surface area contributed by atoms with Crippen LogP contribution in [0, 0.1) is 17.3 Å². The standard InChI is InChI=1S/C17H11F2I2NO9S/c18-17(19,32(28,29)30)5-4-12(23)9-2-1-3-13(14(9)22(26)27)31-16(25)10-6-8(20)7-11(21)15(10)24/h1-3,6-7,24H,4-5H2,(H,28,29,30). The van der Waals surface area contributed by atoms with Crippen LogP contribution in [0.5, 0.6) is 11.5 Å². The van der Waals surface area contributed by atoms with Crippen molar-refractivity contribution in [2.24, 2.45) is 0 Å². The van der Waals surface area contributed by atoms with Gasteiger partial charge in [-0.1, -0.05) is 6.07 Å². The number of hydrogen-bond donors (Lipinski definition) is 2. The average molecular weight is 697 g/mol. The van der Waals surface area contributed by atoms with Gasteiger partial charge in [0.05, 0.1) is 14.1 Å². The highest BCUT2D eigenvalue weighted by Crippen LogP contribution is 2.35. The van der Waals surface area contributed by atoms with Gasteiger partial charge in [0.15, 0.2) is 5.78 Å². The summed E-state index contributed by atoms with van der Waals surface area (Å²) in [4.78, 5) is 35.2. The summed E-state index contributed by atoms with van der Waals surface area (Å²) in [5.41, 5.74) is -2.03. The second kappa shape index (κ2) is 9.87. The Morgan fingerprint density at radius 1 is 1.19 bits per heavy atom. The topological polar surface area (TPSA) is 161 Å². The SMILES string of the molecule is O=C(Oc1cccc(C(=O)CCC(F)(F)S(=O)(=O)O)c1[N+](=O)[O-])c1cc(I)cc(I)c1O. The molecule has 2 aromatic rings. The summed E-state index contributed by atoms with van der Waals surface area (Å²) in [6.45, 7) is 0. The Morgan fingerprint density at radius 3 is 2.38 bits per heavy atom.